The van der Waals surface area contributed by atoms with Crippen molar-refractivity contribution < 1.29 is 14.4 Å². The number of nitrogens with zero attached hydrogens (tertiary/aromatic N) is 1. The lowest BCUT2D eigenvalue weighted by molar-refractivity contribution is -0.136. The van der Waals surface area contributed by atoms with Gasteiger partial charge in [-0.2, -0.15) is 0 Å². The highest BCUT2D eigenvalue weighted by Gasteiger charge is 2.25. The van der Waals surface area contributed by atoms with Gasteiger partial charge in [-0.1, -0.05) is 50.2 Å². The molecule has 0 spiro atoms. The van der Waals surface area contributed by atoms with Crippen molar-refractivity contribution in [2.24, 2.45) is 5.92 Å². The third-order valence-electron chi connectivity index (χ3n) is 4.72. The van der Waals surface area contributed by atoms with Crippen LogP contribution < -0.4 is 15.5 Å². The zero-order chi connectivity index (χ0) is 20.1. The Morgan fingerprint density at radius 3 is 2.50 bits per heavy atom. The van der Waals surface area contributed by atoms with Crippen LogP contribution in [0.5, 0.6) is 0 Å². The molecule has 2 aromatic carbocycles. The molecule has 0 saturated heterocycles. The molecule has 146 valence electrons. The van der Waals surface area contributed by atoms with Gasteiger partial charge in [0.05, 0.1) is 0 Å². The van der Waals surface area contributed by atoms with Gasteiger partial charge in [0.15, 0.2) is 0 Å². The zero-order valence-electron chi connectivity index (χ0n) is 16.2. The minimum absolute atomic E-state index is 0.0602. The number of anilines is 2. The van der Waals surface area contributed by atoms with Crippen LogP contribution in [0.15, 0.2) is 48.5 Å². The van der Waals surface area contributed by atoms with Crippen LogP contribution in [-0.4, -0.2) is 24.3 Å². The van der Waals surface area contributed by atoms with Gasteiger partial charge in [0.1, 0.15) is 0 Å². The number of fused-ring (bicyclic) bond motifs is 1. The lowest BCUT2D eigenvalue weighted by atomic mass is 9.99. The Balaban J connectivity index is 1.67. The van der Waals surface area contributed by atoms with E-state index in [0.717, 1.165) is 29.7 Å². The second-order valence-corrected chi connectivity index (χ2v) is 7.21. The number of nitrogens with one attached hydrogen (secondary N) is 2. The van der Waals surface area contributed by atoms with E-state index in [4.69, 9.17) is 0 Å². The Morgan fingerprint density at radius 1 is 1.04 bits per heavy atom. The van der Waals surface area contributed by atoms with E-state index >= 15 is 0 Å². The zero-order valence-corrected chi connectivity index (χ0v) is 16.2. The van der Waals surface area contributed by atoms with Gasteiger partial charge in [-0.3, -0.25) is 14.4 Å². The van der Waals surface area contributed by atoms with E-state index < -0.39 is 11.8 Å². The van der Waals surface area contributed by atoms with Crippen molar-refractivity contribution in [1.82, 2.24) is 5.32 Å². The van der Waals surface area contributed by atoms with Crippen molar-refractivity contribution in [3.63, 3.8) is 0 Å². The van der Waals surface area contributed by atoms with E-state index in [1.807, 2.05) is 50.2 Å². The van der Waals surface area contributed by atoms with Gasteiger partial charge in [-0.15, -0.1) is 0 Å². The predicted octanol–water partition coefficient (Wildman–Crippen LogP) is 2.88. The first-order valence-corrected chi connectivity index (χ1v) is 9.53. The van der Waals surface area contributed by atoms with E-state index in [-0.39, 0.29) is 18.4 Å². The summed E-state index contributed by atoms with van der Waals surface area (Å²) < 4.78 is 0. The molecule has 0 aliphatic carbocycles. The summed E-state index contributed by atoms with van der Waals surface area (Å²) >= 11 is 0. The lowest BCUT2D eigenvalue weighted by Gasteiger charge is -2.31. The van der Waals surface area contributed by atoms with Gasteiger partial charge in [-0.05, 0) is 36.1 Å². The number of carbonyl (C=O) groups is 3. The quantitative estimate of drug-likeness (QED) is 0.802. The minimum Gasteiger partial charge on any atom is -0.344 e. The van der Waals surface area contributed by atoms with Crippen molar-refractivity contribution in [2.75, 3.05) is 16.8 Å². The molecule has 6 nitrogen and oxygen atoms in total. The van der Waals surface area contributed by atoms with Crippen molar-refractivity contribution in [3.8, 4) is 0 Å². The van der Waals surface area contributed by atoms with Crippen LogP contribution in [0.3, 0.4) is 0 Å². The first-order chi connectivity index (χ1) is 13.5. The Labute approximate surface area is 164 Å². The SMILES string of the molecule is CC(C)C(=O)N1CCCc2ccc(NC(=O)C(=O)NCc3ccccc3)cc21. The van der Waals surface area contributed by atoms with Crippen LogP contribution >= 0.6 is 0 Å². The van der Waals surface area contributed by atoms with Crippen molar-refractivity contribution in [1.29, 1.82) is 0 Å². The van der Waals surface area contributed by atoms with Gasteiger partial charge in [0.25, 0.3) is 0 Å². The first-order valence-electron chi connectivity index (χ1n) is 9.53. The predicted molar refractivity (Wildman–Crippen MR) is 109 cm³/mol. The molecule has 0 aromatic heterocycles. The van der Waals surface area contributed by atoms with Gasteiger partial charge < -0.3 is 15.5 Å². The van der Waals surface area contributed by atoms with E-state index in [0.29, 0.717) is 12.2 Å². The molecule has 0 radical (unpaired) electrons. The number of benzene rings is 2. The maximum absolute atomic E-state index is 12.5. The van der Waals surface area contributed by atoms with Crippen LogP contribution in [0.2, 0.25) is 0 Å². The second-order valence-electron chi connectivity index (χ2n) is 7.21. The fourth-order valence-electron chi connectivity index (χ4n) is 3.24. The van der Waals surface area contributed by atoms with Gasteiger partial charge in [0.2, 0.25) is 5.91 Å². The summed E-state index contributed by atoms with van der Waals surface area (Å²) in [5, 5.41) is 5.24. The summed E-state index contributed by atoms with van der Waals surface area (Å²) in [5.74, 6) is -1.47. The molecule has 2 aromatic rings. The molecule has 0 unspecified atom stereocenters. The van der Waals surface area contributed by atoms with E-state index in [1.54, 1.807) is 17.0 Å². The molecule has 2 N–H and O–H groups in total. The second kappa shape index (κ2) is 8.69. The van der Waals surface area contributed by atoms with Gasteiger partial charge >= 0.3 is 11.8 Å². The third kappa shape index (κ3) is 4.57. The molecule has 28 heavy (non-hydrogen) atoms. The molecular formula is C22H25N3O3. The first kappa shape index (κ1) is 19.6. The Morgan fingerprint density at radius 2 is 1.79 bits per heavy atom. The fourth-order valence-corrected chi connectivity index (χ4v) is 3.24. The smallest absolute Gasteiger partial charge is 0.313 e. The van der Waals surface area contributed by atoms with Crippen molar-refractivity contribution in [3.05, 3.63) is 59.7 Å². The average molecular weight is 379 g/mol. The minimum atomic E-state index is -0.728. The molecule has 6 heteroatoms. The standard InChI is InChI=1S/C22H25N3O3/c1-15(2)22(28)25-12-6-9-17-10-11-18(13-19(17)25)24-21(27)20(26)23-14-16-7-4-3-5-8-16/h3-5,7-8,10-11,13,15H,6,9,12,14H2,1-2H3,(H,23,26)(H,24,27). The van der Waals surface area contributed by atoms with Crippen molar-refractivity contribution in [2.45, 2.75) is 33.2 Å². The summed E-state index contributed by atoms with van der Waals surface area (Å²) in [7, 11) is 0. The highest BCUT2D eigenvalue weighted by atomic mass is 16.2. The lowest BCUT2D eigenvalue weighted by Crippen LogP contribution is -2.38. The highest BCUT2D eigenvalue weighted by molar-refractivity contribution is 6.39. The van der Waals surface area contributed by atoms with Crippen molar-refractivity contribution >= 4 is 29.1 Å². The molecule has 3 rings (SSSR count). The van der Waals surface area contributed by atoms with Crippen LogP contribution in [0, 0.1) is 5.92 Å². The van der Waals surface area contributed by atoms with E-state index in [9.17, 15) is 14.4 Å². The number of aryl methyl sites for hydroxylation is 1. The Kier molecular flexibility index (Phi) is 6.09. The van der Waals surface area contributed by atoms with Gasteiger partial charge in [-0.25, -0.2) is 0 Å². The fraction of sp³-hybridized carbons (Fsp3) is 0.318. The maximum Gasteiger partial charge on any atom is 0.313 e. The number of hydrogen-bond acceptors (Lipinski definition) is 3. The summed E-state index contributed by atoms with van der Waals surface area (Å²) in [6, 6.07) is 14.8. The molecule has 0 atom stereocenters. The van der Waals surface area contributed by atoms with Crippen LogP contribution in [-0.2, 0) is 27.3 Å². The van der Waals surface area contributed by atoms with E-state index in [2.05, 4.69) is 10.6 Å². The van der Waals surface area contributed by atoms with Crippen LogP contribution in [0.4, 0.5) is 11.4 Å². The highest BCUT2D eigenvalue weighted by Crippen LogP contribution is 2.31. The number of amides is 3. The maximum atomic E-state index is 12.5. The van der Waals surface area contributed by atoms with Crippen LogP contribution in [0.25, 0.3) is 0 Å². The molecule has 0 fully saturated rings. The summed E-state index contributed by atoms with van der Waals surface area (Å²) in [4.78, 5) is 38.6. The Bertz CT molecular complexity index is 878. The van der Waals surface area contributed by atoms with Crippen LogP contribution in [0.1, 0.15) is 31.4 Å². The number of carbonyl (C=O) groups excluding carboxylic acids is 3. The summed E-state index contributed by atoms with van der Waals surface area (Å²) in [6.07, 6.45) is 1.81. The summed E-state index contributed by atoms with van der Waals surface area (Å²) in [6.45, 7) is 4.70. The number of rotatable bonds is 4. The topological polar surface area (TPSA) is 78.5 Å². The largest absolute Gasteiger partial charge is 0.344 e. The molecule has 1 aliphatic heterocycles. The van der Waals surface area contributed by atoms with Gasteiger partial charge in [0, 0.05) is 30.4 Å². The summed E-state index contributed by atoms with van der Waals surface area (Å²) in [5.41, 5.74) is 3.31. The molecule has 3 amide bonds. The average Bonchev–Trinajstić information content (AvgIpc) is 2.71. The third-order valence-corrected chi connectivity index (χ3v) is 4.72. The monoisotopic (exact) mass is 379 g/mol. The molecule has 1 aliphatic rings. The molecular weight excluding hydrogens is 354 g/mol. The molecule has 1 heterocycles. The molecule has 0 saturated carbocycles. The molecule has 0 bridgehead atoms. The number of hydrogen-bond donors (Lipinski definition) is 2. The van der Waals surface area contributed by atoms with E-state index in [1.165, 1.54) is 0 Å². The normalized spacial score (nSPS) is 13.0. The Hall–Kier alpha value is -3.15.